The molecule has 0 unspecified atom stereocenters. The molecular formula is C7H13N3S. The van der Waals surface area contributed by atoms with Crippen LogP contribution in [0.4, 0.5) is 0 Å². The molecule has 0 spiro atoms. The van der Waals surface area contributed by atoms with Gasteiger partial charge in [-0.15, -0.1) is 0 Å². The molecule has 2 aliphatic heterocycles. The molecule has 0 aromatic carbocycles. The van der Waals surface area contributed by atoms with Gasteiger partial charge in [-0.2, -0.15) is 4.83 Å². The molecule has 0 atom stereocenters. The van der Waals surface area contributed by atoms with Crippen LogP contribution in [0.5, 0.6) is 0 Å². The molecule has 4 heteroatoms. The molecule has 1 N–H and O–H groups in total. The summed E-state index contributed by atoms with van der Waals surface area (Å²) in [4.78, 5) is 5.59. The summed E-state index contributed by atoms with van der Waals surface area (Å²) in [7, 11) is 2.06. The number of hydrogen-bond donors (Lipinski definition) is 1. The average Bonchev–Trinajstić information content (AvgIpc) is 2.55. The van der Waals surface area contributed by atoms with E-state index in [0.717, 1.165) is 0 Å². The molecule has 1 saturated heterocycles. The second-order valence-electron chi connectivity index (χ2n) is 2.94. The molecule has 0 bridgehead atoms. The summed E-state index contributed by atoms with van der Waals surface area (Å²) >= 11 is 1.65. The highest BCUT2D eigenvalue weighted by Crippen LogP contribution is 2.22. The predicted molar refractivity (Wildman–Crippen MR) is 47.4 cm³/mol. The third kappa shape index (κ3) is 1.32. The van der Waals surface area contributed by atoms with Crippen molar-refractivity contribution in [1.82, 2.24) is 14.7 Å². The number of hydrazine groups is 1. The predicted octanol–water partition coefficient (Wildman–Crippen LogP) is 0.979. The Labute approximate surface area is 71.5 Å². The topological polar surface area (TPSA) is 18.5 Å². The lowest BCUT2D eigenvalue weighted by atomic mass is 10.4. The maximum absolute atomic E-state index is 3.16. The molecule has 3 nitrogen and oxygen atoms in total. The van der Waals surface area contributed by atoms with Crippen molar-refractivity contribution in [3.05, 3.63) is 11.2 Å². The van der Waals surface area contributed by atoms with Gasteiger partial charge in [0.1, 0.15) is 5.82 Å². The van der Waals surface area contributed by atoms with E-state index in [2.05, 4.69) is 27.2 Å². The van der Waals surface area contributed by atoms with Crippen LogP contribution in [0.2, 0.25) is 0 Å². The lowest BCUT2D eigenvalue weighted by molar-refractivity contribution is 0.262. The van der Waals surface area contributed by atoms with Crippen LogP contribution in [0.1, 0.15) is 12.8 Å². The zero-order valence-electron chi connectivity index (χ0n) is 6.71. The Morgan fingerprint density at radius 1 is 1.45 bits per heavy atom. The van der Waals surface area contributed by atoms with E-state index in [1.165, 1.54) is 31.8 Å². The van der Waals surface area contributed by atoms with Crippen molar-refractivity contribution >= 4 is 11.9 Å². The second kappa shape index (κ2) is 2.95. The summed E-state index contributed by atoms with van der Waals surface area (Å²) in [5, 5.41) is 4.25. The molecule has 0 radical (unpaired) electrons. The molecule has 2 heterocycles. The van der Waals surface area contributed by atoms with Crippen LogP contribution in [-0.4, -0.2) is 30.0 Å². The summed E-state index contributed by atoms with van der Waals surface area (Å²) < 4.78 is 0. The van der Waals surface area contributed by atoms with E-state index in [9.17, 15) is 0 Å². The molecule has 0 saturated carbocycles. The SMILES string of the molecule is CN1NSC=C1N1CCCC1. The first-order chi connectivity index (χ1) is 5.38. The van der Waals surface area contributed by atoms with Crippen LogP contribution in [0, 0.1) is 0 Å². The monoisotopic (exact) mass is 171 g/mol. The number of likely N-dealkylation sites (tertiary alicyclic amines) is 1. The molecule has 2 aliphatic rings. The van der Waals surface area contributed by atoms with Crippen LogP contribution in [0.15, 0.2) is 11.2 Å². The van der Waals surface area contributed by atoms with E-state index in [1.807, 2.05) is 0 Å². The maximum Gasteiger partial charge on any atom is 0.127 e. The van der Waals surface area contributed by atoms with Gasteiger partial charge in [0.25, 0.3) is 0 Å². The maximum atomic E-state index is 3.16. The minimum Gasteiger partial charge on any atom is -0.357 e. The molecule has 11 heavy (non-hydrogen) atoms. The summed E-state index contributed by atoms with van der Waals surface area (Å²) in [6.07, 6.45) is 2.69. The van der Waals surface area contributed by atoms with Crippen LogP contribution in [0.3, 0.4) is 0 Å². The normalized spacial score (nSPS) is 24.6. The Hall–Kier alpha value is -0.350. The van der Waals surface area contributed by atoms with Gasteiger partial charge in [0.15, 0.2) is 0 Å². The van der Waals surface area contributed by atoms with Crippen LogP contribution in [0.25, 0.3) is 0 Å². The lowest BCUT2D eigenvalue weighted by Crippen LogP contribution is -2.32. The molecule has 0 amide bonds. The summed E-state index contributed by atoms with van der Waals surface area (Å²) in [5.74, 6) is 1.33. The summed E-state index contributed by atoms with van der Waals surface area (Å²) in [5.41, 5.74) is 0. The van der Waals surface area contributed by atoms with Crippen molar-refractivity contribution in [2.24, 2.45) is 0 Å². The van der Waals surface area contributed by atoms with Crippen molar-refractivity contribution in [1.29, 1.82) is 0 Å². The van der Waals surface area contributed by atoms with Gasteiger partial charge in [-0.25, -0.2) is 0 Å². The molecule has 0 aromatic rings. The quantitative estimate of drug-likeness (QED) is 0.592. The molecular weight excluding hydrogens is 158 g/mol. The van der Waals surface area contributed by atoms with Crippen molar-refractivity contribution in [3.8, 4) is 0 Å². The number of nitrogens with zero attached hydrogens (tertiary/aromatic N) is 2. The van der Waals surface area contributed by atoms with E-state index in [0.29, 0.717) is 0 Å². The van der Waals surface area contributed by atoms with Gasteiger partial charge in [0, 0.05) is 25.5 Å². The Morgan fingerprint density at radius 2 is 2.18 bits per heavy atom. The minimum absolute atomic E-state index is 1.22. The van der Waals surface area contributed by atoms with Crippen LogP contribution < -0.4 is 4.83 Å². The van der Waals surface area contributed by atoms with E-state index in [4.69, 9.17) is 0 Å². The first-order valence-electron chi connectivity index (χ1n) is 3.98. The summed E-state index contributed by atoms with van der Waals surface area (Å²) in [6.45, 7) is 2.44. The van der Waals surface area contributed by atoms with Crippen LogP contribution in [-0.2, 0) is 0 Å². The van der Waals surface area contributed by atoms with Crippen molar-refractivity contribution in [2.75, 3.05) is 20.1 Å². The third-order valence-electron chi connectivity index (χ3n) is 2.13. The van der Waals surface area contributed by atoms with E-state index in [1.54, 1.807) is 11.9 Å². The van der Waals surface area contributed by atoms with Crippen molar-refractivity contribution in [2.45, 2.75) is 12.8 Å². The lowest BCUT2D eigenvalue weighted by Gasteiger charge is -2.24. The largest absolute Gasteiger partial charge is 0.357 e. The van der Waals surface area contributed by atoms with Gasteiger partial charge in [-0.1, -0.05) is 0 Å². The van der Waals surface area contributed by atoms with Gasteiger partial charge in [0.2, 0.25) is 0 Å². The van der Waals surface area contributed by atoms with Crippen molar-refractivity contribution in [3.63, 3.8) is 0 Å². The standard InChI is InChI=1S/C7H13N3S/c1-9-7(6-11-8-9)10-4-2-3-5-10/h6,8H,2-5H2,1H3. The molecule has 0 aromatic heterocycles. The van der Waals surface area contributed by atoms with Gasteiger partial charge in [-0.3, -0.25) is 5.01 Å². The van der Waals surface area contributed by atoms with Crippen LogP contribution >= 0.6 is 11.9 Å². The Bertz CT molecular complexity index is 175. The fraction of sp³-hybridized carbons (Fsp3) is 0.714. The van der Waals surface area contributed by atoms with Gasteiger partial charge >= 0.3 is 0 Å². The fourth-order valence-electron chi connectivity index (χ4n) is 1.52. The Morgan fingerprint density at radius 3 is 2.73 bits per heavy atom. The van der Waals surface area contributed by atoms with E-state index in [-0.39, 0.29) is 0 Å². The molecule has 1 fully saturated rings. The highest BCUT2D eigenvalue weighted by atomic mass is 32.2. The van der Waals surface area contributed by atoms with Gasteiger partial charge in [-0.05, 0) is 24.8 Å². The first-order valence-corrected chi connectivity index (χ1v) is 4.86. The Kier molecular flexibility index (Phi) is 1.96. The van der Waals surface area contributed by atoms with E-state index >= 15 is 0 Å². The number of nitrogens with one attached hydrogen (secondary N) is 1. The summed E-state index contributed by atoms with van der Waals surface area (Å²) in [6, 6.07) is 0. The average molecular weight is 171 g/mol. The highest BCUT2D eigenvalue weighted by Gasteiger charge is 2.20. The second-order valence-corrected chi connectivity index (χ2v) is 3.59. The zero-order chi connectivity index (χ0) is 7.68. The van der Waals surface area contributed by atoms with E-state index < -0.39 is 0 Å². The number of rotatable bonds is 1. The third-order valence-corrected chi connectivity index (χ3v) is 2.84. The first kappa shape index (κ1) is 7.31. The minimum atomic E-state index is 1.22. The molecule has 2 rings (SSSR count). The fourth-order valence-corrected chi connectivity index (χ4v) is 2.23. The highest BCUT2D eigenvalue weighted by molar-refractivity contribution is 8.00. The number of hydrogen-bond acceptors (Lipinski definition) is 4. The van der Waals surface area contributed by atoms with Gasteiger partial charge in [0.05, 0.1) is 0 Å². The smallest absolute Gasteiger partial charge is 0.127 e. The molecule has 62 valence electrons. The zero-order valence-corrected chi connectivity index (χ0v) is 7.52. The molecule has 0 aliphatic carbocycles. The Balaban J connectivity index is 2.02. The van der Waals surface area contributed by atoms with Gasteiger partial charge < -0.3 is 4.90 Å². The van der Waals surface area contributed by atoms with Crippen molar-refractivity contribution < 1.29 is 0 Å².